The number of hydrogen-bond donors (Lipinski definition) is 3. The predicted octanol–water partition coefficient (Wildman–Crippen LogP) is 2.72. The van der Waals surface area contributed by atoms with Gasteiger partial charge in [0.15, 0.2) is 16.6 Å². The first-order valence-corrected chi connectivity index (χ1v) is 8.58. The predicted molar refractivity (Wildman–Crippen MR) is 111 cm³/mol. The van der Waals surface area contributed by atoms with E-state index >= 15 is 0 Å². The van der Waals surface area contributed by atoms with E-state index in [9.17, 15) is 9.59 Å². The zero-order chi connectivity index (χ0) is 20.7. The van der Waals surface area contributed by atoms with E-state index in [1.54, 1.807) is 18.2 Å². The molecule has 2 aromatic rings. The Morgan fingerprint density at radius 2 is 1.64 bits per heavy atom. The van der Waals surface area contributed by atoms with E-state index in [4.69, 9.17) is 26.4 Å². The fourth-order valence-corrected chi connectivity index (χ4v) is 2.73. The van der Waals surface area contributed by atoms with E-state index in [0.717, 1.165) is 5.56 Å². The Bertz CT molecular complexity index is 876. The monoisotopic (exact) mass is 403 g/mol. The summed E-state index contributed by atoms with van der Waals surface area (Å²) >= 11 is 5.23. The molecule has 0 spiro atoms. The Hall–Kier alpha value is -3.33. The summed E-state index contributed by atoms with van der Waals surface area (Å²) in [5, 5.41) is 8.25. The third kappa shape index (κ3) is 4.68. The molecule has 2 rings (SSSR count). The van der Waals surface area contributed by atoms with Crippen molar-refractivity contribution in [3.63, 3.8) is 0 Å². The number of carbonyl (C=O) groups is 2. The smallest absolute Gasteiger partial charge is 0.257 e. The molecular formula is C19H21N3O5S. The number of rotatable bonds is 7. The lowest BCUT2D eigenvalue weighted by Gasteiger charge is -2.16. The van der Waals surface area contributed by atoms with Crippen LogP contribution in [0.1, 0.15) is 15.9 Å². The number of methoxy groups -OCH3 is 3. The van der Waals surface area contributed by atoms with Crippen LogP contribution in [0, 0.1) is 6.92 Å². The third-order valence-corrected chi connectivity index (χ3v) is 4.15. The molecule has 2 amide bonds. The Morgan fingerprint density at radius 1 is 1.04 bits per heavy atom. The molecule has 0 fully saturated rings. The van der Waals surface area contributed by atoms with Gasteiger partial charge in [-0.3, -0.25) is 14.9 Å². The molecule has 0 atom stereocenters. The number of carbonyl (C=O) groups excluding carboxylic acids is 2. The van der Waals surface area contributed by atoms with Crippen molar-refractivity contribution in [2.45, 2.75) is 6.92 Å². The molecule has 9 heteroatoms. The minimum Gasteiger partial charge on any atom is -0.493 e. The normalized spacial score (nSPS) is 9.86. The number of benzene rings is 2. The highest BCUT2D eigenvalue weighted by atomic mass is 32.1. The maximum absolute atomic E-state index is 12.6. The van der Waals surface area contributed by atoms with Gasteiger partial charge < -0.3 is 24.8 Å². The lowest BCUT2D eigenvalue weighted by Crippen LogP contribution is -2.34. The van der Waals surface area contributed by atoms with Crippen molar-refractivity contribution in [3.8, 4) is 17.2 Å². The Balaban J connectivity index is 2.18. The van der Waals surface area contributed by atoms with Gasteiger partial charge >= 0.3 is 0 Å². The molecular weight excluding hydrogens is 382 g/mol. The molecule has 0 aromatic heterocycles. The molecule has 8 nitrogen and oxygen atoms in total. The third-order valence-electron chi connectivity index (χ3n) is 3.95. The van der Waals surface area contributed by atoms with Crippen molar-refractivity contribution in [1.29, 1.82) is 0 Å². The van der Waals surface area contributed by atoms with Gasteiger partial charge in [-0.1, -0.05) is 6.07 Å². The molecule has 2 aromatic carbocycles. The van der Waals surface area contributed by atoms with Gasteiger partial charge in [-0.2, -0.15) is 0 Å². The van der Waals surface area contributed by atoms with Gasteiger partial charge in [0.1, 0.15) is 0 Å². The number of ether oxygens (including phenoxy) is 3. The molecule has 0 bridgehead atoms. The summed E-state index contributed by atoms with van der Waals surface area (Å²) in [7, 11) is 4.41. The molecule has 0 saturated carbocycles. The van der Waals surface area contributed by atoms with Crippen LogP contribution in [0.4, 0.5) is 11.4 Å². The minimum atomic E-state index is -0.448. The average molecular weight is 403 g/mol. The number of amides is 2. The van der Waals surface area contributed by atoms with Crippen LogP contribution >= 0.6 is 12.2 Å². The number of nitrogens with one attached hydrogen (secondary N) is 3. The van der Waals surface area contributed by atoms with Gasteiger partial charge in [0.2, 0.25) is 12.2 Å². The fraction of sp³-hybridized carbons (Fsp3) is 0.211. The van der Waals surface area contributed by atoms with E-state index in [0.29, 0.717) is 35.0 Å². The summed E-state index contributed by atoms with van der Waals surface area (Å²) in [6, 6.07) is 8.35. The van der Waals surface area contributed by atoms with Gasteiger partial charge in [0, 0.05) is 16.9 Å². The summed E-state index contributed by atoms with van der Waals surface area (Å²) in [4.78, 5) is 23.3. The quantitative estimate of drug-likeness (QED) is 0.483. The summed E-state index contributed by atoms with van der Waals surface area (Å²) in [5.74, 6) is 0.651. The van der Waals surface area contributed by atoms with E-state index in [-0.39, 0.29) is 10.7 Å². The van der Waals surface area contributed by atoms with Crippen molar-refractivity contribution < 1.29 is 23.8 Å². The molecule has 0 heterocycles. The molecule has 0 aliphatic carbocycles. The van der Waals surface area contributed by atoms with Crippen LogP contribution in [-0.2, 0) is 4.79 Å². The maximum Gasteiger partial charge on any atom is 0.257 e. The van der Waals surface area contributed by atoms with E-state index in [1.807, 2.05) is 6.92 Å². The highest BCUT2D eigenvalue weighted by Crippen LogP contribution is 2.38. The van der Waals surface area contributed by atoms with Gasteiger partial charge in [0.05, 0.1) is 21.3 Å². The van der Waals surface area contributed by atoms with Crippen molar-refractivity contribution in [1.82, 2.24) is 5.32 Å². The lowest BCUT2D eigenvalue weighted by molar-refractivity contribution is -0.105. The number of thiocarbonyl (C=S) groups is 1. The summed E-state index contributed by atoms with van der Waals surface area (Å²) in [5.41, 5.74) is 2.35. The van der Waals surface area contributed by atoms with Gasteiger partial charge in [0.25, 0.3) is 5.91 Å². The first kappa shape index (κ1) is 21.0. The van der Waals surface area contributed by atoms with Crippen LogP contribution in [0.15, 0.2) is 30.3 Å². The van der Waals surface area contributed by atoms with E-state index in [2.05, 4.69) is 16.0 Å². The summed E-state index contributed by atoms with van der Waals surface area (Å²) in [6.45, 7) is 1.82. The van der Waals surface area contributed by atoms with Crippen LogP contribution in [0.5, 0.6) is 17.2 Å². The molecule has 0 aliphatic rings. The van der Waals surface area contributed by atoms with Crippen LogP contribution < -0.4 is 30.2 Å². The van der Waals surface area contributed by atoms with Crippen molar-refractivity contribution in [2.24, 2.45) is 0 Å². The highest BCUT2D eigenvalue weighted by molar-refractivity contribution is 7.80. The summed E-state index contributed by atoms with van der Waals surface area (Å²) in [6.07, 6.45) is 0.594. The van der Waals surface area contributed by atoms with Gasteiger partial charge in [-0.15, -0.1) is 0 Å². The van der Waals surface area contributed by atoms with Crippen LogP contribution in [0.2, 0.25) is 0 Å². The Morgan fingerprint density at radius 3 is 2.18 bits per heavy atom. The van der Waals surface area contributed by atoms with Crippen molar-refractivity contribution in [3.05, 3.63) is 41.5 Å². The summed E-state index contributed by atoms with van der Waals surface area (Å²) < 4.78 is 15.8. The molecule has 0 radical (unpaired) electrons. The molecule has 28 heavy (non-hydrogen) atoms. The minimum absolute atomic E-state index is 0.102. The largest absolute Gasteiger partial charge is 0.493 e. The Labute approximate surface area is 168 Å². The van der Waals surface area contributed by atoms with E-state index < -0.39 is 5.91 Å². The first-order chi connectivity index (χ1) is 13.4. The molecule has 148 valence electrons. The molecule has 0 aliphatic heterocycles. The lowest BCUT2D eigenvalue weighted by atomic mass is 10.1. The SMILES string of the molecule is COc1cc(C(=O)NC(=S)Nc2cccc(NC=O)c2C)cc(OC)c1OC. The van der Waals surface area contributed by atoms with Crippen molar-refractivity contribution >= 4 is 41.0 Å². The Kier molecular flexibility index (Phi) is 7.16. The fourth-order valence-electron chi connectivity index (χ4n) is 2.53. The van der Waals surface area contributed by atoms with E-state index in [1.165, 1.54) is 33.5 Å². The second kappa shape index (κ2) is 9.56. The standard InChI is InChI=1S/C19H21N3O5S/c1-11-13(20-10-23)6-5-7-14(11)21-19(28)22-18(24)12-8-15(25-2)17(27-4)16(9-12)26-3/h5-10H,1-4H3,(H,20,23)(H2,21,22,24,28). The number of hydrogen-bond acceptors (Lipinski definition) is 6. The zero-order valence-corrected chi connectivity index (χ0v) is 16.7. The molecule has 0 saturated heterocycles. The second-order valence-electron chi connectivity index (χ2n) is 5.56. The maximum atomic E-state index is 12.6. The van der Waals surface area contributed by atoms with Crippen molar-refractivity contribution in [2.75, 3.05) is 32.0 Å². The highest BCUT2D eigenvalue weighted by Gasteiger charge is 2.18. The van der Waals surface area contributed by atoms with Crippen LogP contribution in [0.25, 0.3) is 0 Å². The zero-order valence-electron chi connectivity index (χ0n) is 15.9. The topological polar surface area (TPSA) is 97.9 Å². The first-order valence-electron chi connectivity index (χ1n) is 8.17. The second-order valence-corrected chi connectivity index (χ2v) is 5.97. The van der Waals surface area contributed by atoms with Crippen LogP contribution in [-0.4, -0.2) is 38.8 Å². The van der Waals surface area contributed by atoms with Gasteiger partial charge in [-0.05, 0) is 49.0 Å². The average Bonchev–Trinajstić information content (AvgIpc) is 2.69. The van der Waals surface area contributed by atoms with Gasteiger partial charge in [-0.25, -0.2) is 0 Å². The molecule has 0 unspecified atom stereocenters. The van der Waals surface area contributed by atoms with Crippen LogP contribution in [0.3, 0.4) is 0 Å². The molecule has 3 N–H and O–H groups in total. The number of anilines is 2.